The number of para-hydroxylation sites is 1. The molecular weight excluding hydrogens is 258 g/mol. The molecule has 2 unspecified atom stereocenters. The number of aromatic nitrogens is 1. The second-order valence-corrected chi connectivity index (χ2v) is 5.85. The lowest BCUT2D eigenvalue weighted by atomic mass is 10.0. The molecule has 0 amide bonds. The second kappa shape index (κ2) is 6.19. The molecule has 0 spiro atoms. The average Bonchev–Trinajstić information content (AvgIpc) is 2.91. The van der Waals surface area contributed by atoms with E-state index in [2.05, 4.69) is 59.2 Å². The van der Waals surface area contributed by atoms with E-state index in [1.807, 2.05) is 6.08 Å². The van der Waals surface area contributed by atoms with Crippen molar-refractivity contribution in [2.75, 3.05) is 13.1 Å². The summed E-state index contributed by atoms with van der Waals surface area (Å²) in [6.45, 7) is 5.82. The van der Waals surface area contributed by atoms with Gasteiger partial charge in [-0.15, -0.1) is 6.58 Å². The van der Waals surface area contributed by atoms with Crippen LogP contribution in [0, 0.1) is 5.92 Å². The fraction of sp³-hybridized carbons (Fsp3) is 0.333. The molecule has 0 fully saturated rings. The maximum atomic E-state index is 6.34. The predicted molar refractivity (Wildman–Crippen MR) is 89.0 cm³/mol. The van der Waals surface area contributed by atoms with Crippen molar-refractivity contribution in [3.8, 4) is 0 Å². The number of nitrogens with one attached hydrogen (secondary N) is 1. The summed E-state index contributed by atoms with van der Waals surface area (Å²) in [7, 11) is 0. The summed E-state index contributed by atoms with van der Waals surface area (Å²) in [6.07, 6.45) is 10.5. The van der Waals surface area contributed by atoms with Gasteiger partial charge in [0.05, 0.1) is 0 Å². The maximum Gasteiger partial charge on any atom is 0.0456 e. The van der Waals surface area contributed by atoms with Gasteiger partial charge in [-0.2, -0.15) is 0 Å². The Hall–Kier alpha value is -2.00. The molecule has 1 aliphatic rings. The van der Waals surface area contributed by atoms with Gasteiger partial charge in [0, 0.05) is 36.2 Å². The number of allylic oxidation sites excluding steroid dienone is 2. The summed E-state index contributed by atoms with van der Waals surface area (Å²) in [5.74, 6) is 0.520. The third-order valence-electron chi connectivity index (χ3n) is 4.22. The van der Waals surface area contributed by atoms with Crippen LogP contribution in [0.15, 0.2) is 55.4 Å². The van der Waals surface area contributed by atoms with Gasteiger partial charge in [-0.05, 0) is 36.6 Å². The Morgan fingerprint density at radius 3 is 3.05 bits per heavy atom. The van der Waals surface area contributed by atoms with Crippen LogP contribution in [0.25, 0.3) is 10.9 Å². The molecule has 3 N–H and O–H groups in total. The molecule has 0 bridgehead atoms. The Morgan fingerprint density at radius 2 is 2.29 bits per heavy atom. The van der Waals surface area contributed by atoms with E-state index in [0.29, 0.717) is 5.92 Å². The summed E-state index contributed by atoms with van der Waals surface area (Å²) in [4.78, 5) is 5.64. The van der Waals surface area contributed by atoms with Crippen LogP contribution in [0.4, 0.5) is 0 Å². The van der Waals surface area contributed by atoms with Crippen molar-refractivity contribution in [1.29, 1.82) is 0 Å². The van der Waals surface area contributed by atoms with Gasteiger partial charge in [-0.1, -0.05) is 30.4 Å². The zero-order valence-corrected chi connectivity index (χ0v) is 12.3. The molecule has 2 atom stereocenters. The normalized spacial score (nSPS) is 19.9. The van der Waals surface area contributed by atoms with Crippen LogP contribution in [0.5, 0.6) is 0 Å². The van der Waals surface area contributed by atoms with Crippen molar-refractivity contribution in [1.82, 2.24) is 9.88 Å². The van der Waals surface area contributed by atoms with Gasteiger partial charge in [0.15, 0.2) is 0 Å². The monoisotopic (exact) mass is 281 g/mol. The average molecular weight is 281 g/mol. The van der Waals surface area contributed by atoms with Crippen LogP contribution in [0.1, 0.15) is 12.0 Å². The van der Waals surface area contributed by atoms with E-state index in [9.17, 15) is 0 Å². The fourth-order valence-electron chi connectivity index (χ4n) is 3.02. The SMILES string of the molecule is C=CC1C=CN(CC(N)Cc2c[nH]c3ccccc23)CC1. The van der Waals surface area contributed by atoms with Gasteiger partial charge < -0.3 is 15.6 Å². The summed E-state index contributed by atoms with van der Waals surface area (Å²) in [6, 6.07) is 8.54. The van der Waals surface area contributed by atoms with E-state index in [-0.39, 0.29) is 6.04 Å². The van der Waals surface area contributed by atoms with Crippen LogP contribution in [-0.4, -0.2) is 29.0 Å². The molecular formula is C18H23N3. The van der Waals surface area contributed by atoms with Crippen LogP contribution >= 0.6 is 0 Å². The Morgan fingerprint density at radius 1 is 1.43 bits per heavy atom. The lowest BCUT2D eigenvalue weighted by Gasteiger charge is -2.29. The minimum absolute atomic E-state index is 0.147. The highest BCUT2D eigenvalue weighted by Gasteiger charge is 2.14. The van der Waals surface area contributed by atoms with Crippen LogP contribution in [0.3, 0.4) is 0 Å². The maximum absolute atomic E-state index is 6.34. The zero-order valence-electron chi connectivity index (χ0n) is 12.3. The van der Waals surface area contributed by atoms with Crippen molar-refractivity contribution in [3.05, 3.63) is 61.0 Å². The molecule has 3 nitrogen and oxygen atoms in total. The van der Waals surface area contributed by atoms with Gasteiger partial charge in [0.2, 0.25) is 0 Å². The number of H-pyrrole nitrogens is 1. The molecule has 0 saturated heterocycles. The van der Waals surface area contributed by atoms with Gasteiger partial charge in [-0.25, -0.2) is 0 Å². The number of nitrogens with zero attached hydrogens (tertiary/aromatic N) is 1. The lowest BCUT2D eigenvalue weighted by Crippen LogP contribution is -2.38. The van der Waals surface area contributed by atoms with Crippen LogP contribution in [0.2, 0.25) is 0 Å². The van der Waals surface area contributed by atoms with E-state index in [4.69, 9.17) is 5.73 Å². The largest absolute Gasteiger partial charge is 0.376 e. The second-order valence-electron chi connectivity index (χ2n) is 5.85. The molecule has 0 aliphatic carbocycles. The number of nitrogens with two attached hydrogens (primary N) is 1. The van der Waals surface area contributed by atoms with Gasteiger partial charge in [0.1, 0.15) is 0 Å². The minimum atomic E-state index is 0.147. The number of rotatable bonds is 5. The number of benzene rings is 1. The molecule has 21 heavy (non-hydrogen) atoms. The first-order valence-electron chi connectivity index (χ1n) is 7.62. The summed E-state index contributed by atoms with van der Waals surface area (Å²) in [5, 5.41) is 1.29. The number of aromatic amines is 1. The van der Waals surface area contributed by atoms with Gasteiger partial charge in [-0.3, -0.25) is 0 Å². The minimum Gasteiger partial charge on any atom is -0.376 e. The summed E-state index contributed by atoms with van der Waals surface area (Å²) in [5.41, 5.74) is 8.84. The fourth-order valence-corrected chi connectivity index (χ4v) is 3.02. The Kier molecular flexibility index (Phi) is 4.11. The highest BCUT2D eigenvalue weighted by molar-refractivity contribution is 5.83. The Bertz CT molecular complexity index is 641. The molecule has 2 heterocycles. The molecule has 1 aromatic heterocycles. The third kappa shape index (κ3) is 3.19. The molecule has 3 heteroatoms. The van der Waals surface area contributed by atoms with Crippen molar-refractivity contribution < 1.29 is 0 Å². The van der Waals surface area contributed by atoms with E-state index in [1.165, 1.54) is 16.5 Å². The van der Waals surface area contributed by atoms with Crippen LogP contribution < -0.4 is 5.73 Å². The van der Waals surface area contributed by atoms with E-state index < -0.39 is 0 Å². The first-order valence-corrected chi connectivity index (χ1v) is 7.62. The summed E-state index contributed by atoms with van der Waals surface area (Å²) < 4.78 is 0. The molecule has 0 saturated carbocycles. The van der Waals surface area contributed by atoms with E-state index >= 15 is 0 Å². The number of fused-ring (bicyclic) bond motifs is 1. The highest BCUT2D eigenvalue weighted by atomic mass is 15.1. The Balaban J connectivity index is 1.62. The molecule has 1 aliphatic heterocycles. The van der Waals surface area contributed by atoms with Crippen molar-refractivity contribution in [3.63, 3.8) is 0 Å². The predicted octanol–water partition coefficient (Wildman–Crippen LogP) is 3.06. The quantitative estimate of drug-likeness (QED) is 0.827. The van der Waals surface area contributed by atoms with E-state index in [0.717, 1.165) is 25.9 Å². The number of hydrogen-bond acceptors (Lipinski definition) is 2. The first-order chi connectivity index (χ1) is 10.3. The van der Waals surface area contributed by atoms with E-state index in [1.54, 1.807) is 0 Å². The lowest BCUT2D eigenvalue weighted by molar-refractivity contribution is 0.316. The molecule has 110 valence electrons. The topological polar surface area (TPSA) is 45.0 Å². The Labute approximate surface area is 126 Å². The number of hydrogen-bond donors (Lipinski definition) is 2. The van der Waals surface area contributed by atoms with Crippen molar-refractivity contribution in [2.45, 2.75) is 18.9 Å². The third-order valence-corrected chi connectivity index (χ3v) is 4.22. The van der Waals surface area contributed by atoms with Crippen molar-refractivity contribution >= 4 is 10.9 Å². The smallest absolute Gasteiger partial charge is 0.0456 e. The zero-order chi connectivity index (χ0) is 14.7. The van der Waals surface area contributed by atoms with Crippen LogP contribution in [-0.2, 0) is 6.42 Å². The molecule has 0 radical (unpaired) electrons. The highest BCUT2D eigenvalue weighted by Crippen LogP contribution is 2.20. The summed E-state index contributed by atoms with van der Waals surface area (Å²) >= 11 is 0. The molecule has 2 aromatic rings. The standard InChI is InChI=1S/C18H23N3/c1-2-14-7-9-21(10-8-14)13-16(19)11-15-12-20-18-6-4-3-5-17(15)18/h2-7,9,12,14,16,20H,1,8,10-11,13,19H2. The van der Waals surface area contributed by atoms with Gasteiger partial charge >= 0.3 is 0 Å². The van der Waals surface area contributed by atoms with Gasteiger partial charge in [0.25, 0.3) is 0 Å². The first kappa shape index (κ1) is 14.0. The molecule has 1 aromatic carbocycles. The van der Waals surface area contributed by atoms with Crippen molar-refractivity contribution in [2.24, 2.45) is 11.7 Å². The molecule has 3 rings (SSSR count).